The lowest BCUT2D eigenvalue weighted by atomic mass is 9.82. The normalized spacial score (nSPS) is 27.5. The van der Waals surface area contributed by atoms with Gasteiger partial charge in [-0.2, -0.15) is 9.97 Å². The maximum absolute atomic E-state index is 14.8. The van der Waals surface area contributed by atoms with Gasteiger partial charge in [0.25, 0.3) is 0 Å². The average molecular weight is 474 g/mol. The van der Waals surface area contributed by atoms with E-state index in [1.807, 2.05) is 4.90 Å². The lowest BCUT2D eigenvalue weighted by Gasteiger charge is -2.49. The minimum Gasteiger partial charge on any atom is -0.461 e. The highest BCUT2D eigenvalue weighted by Gasteiger charge is 2.49. The fourth-order valence-electron chi connectivity index (χ4n) is 5.09. The molecule has 0 radical (unpaired) electrons. The van der Waals surface area contributed by atoms with Gasteiger partial charge in [0, 0.05) is 43.5 Å². The van der Waals surface area contributed by atoms with Crippen LogP contribution in [0.5, 0.6) is 6.01 Å². The Morgan fingerprint density at radius 2 is 2.13 bits per heavy atom. The zero-order valence-electron chi connectivity index (χ0n) is 16.8. The molecule has 5 heterocycles. The third-order valence-electron chi connectivity index (χ3n) is 6.80. The molecule has 1 N–H and O–H groups in total. The molecule has 11 heteroatoms. The predicted octanol–water partition coefficient (Wildman–Crippen LogP) is 2.81. The zero-order valence-corrected chi connectivity index (χ0v) is 18.3. The summed E-state index contributed by atoms with van der Waals surface area (Å²) in [6.07, 6.45) is 2.81. The minimum absolute atomic E-state index is 0.0135. The van der Waals surface area contributed by atoms with E-state index in [9.17, 15) is 13.9 Å². The maximum Gasteiger partial charge on any atom is 0.319 e. The molecule has 2 aromatic heterocycles. The van der Waals surface area contributed by atoms with E-state index in [2.05, 4.69) is 19.9 Å². The van der Waals surface area contributed by atoms with Crippen LogP contribution in [0.2, 0.25) is 5.15 Å². The van der Waals surface area contributed by atoms with Gasteiger partial charge in [0.05, 0.1) is 17.5 Å². The number of halogens is 4. The van der Waals surface area contributed by atoms with E-state index >= 15 is 0 Å². The van der Waals surface area contributed by atoms with Gasteiger partial charge >= 0.3 is 6.01 Å². The van der Waals surface area contributed by atoms with Crippen LogP contribution in [-0.2, 0) is 0 Å². The van der Waals surface area contributed by atoms with Gasteiger partial charge in [0.15, 0.2) is 11.0 Å². The number of alkyl halides is 2. The number of hydrogen-bond donors (Lipinski definition) is 1. The Bertz CT molecular complexity index is 1000. The molecule has 0 aromatic carbocycles. The van der Waals surface area contributed by atoms with Gasteiger partial charge < -0.3 is 14.7 Å². The van der Waals surface area contributed by atoms with Crippen LogP contribution in [0.15, 0.2) is 6.20 Å². The molecule has 3 aliphatic heterocycles. The van der Waals surface area contributed by atoms with Crippen molar-refractivity contribution in [2.45, 2.75) is 31.0 Å². The lowest BCUT2D eigenvalue weighted by molar-refractivity contribution is 0.106. The smallest absolute Gasteiger partial charge is 0.319 e. The first-order valence-corrected chi connectivity index (χ1v) is 11.3. The molecule has 0 unspecified atom stereocenters. The number of anilines is 1. The summed E-state index contributed by atoms with van der Waals surface area (Å²) in [6, 6.07) is 0.0135. The highest BCUT2D eigenvalue weighted by atomic mass is 35.5. The van der Waals surface area contributed by atoms with Crippen LogP contribution in [0.25, 0.3) is 10.9 Å². The van der Waals surface area contributed by atoms with E-state index in [4.69, 9.17) is 27.9 Å². The summed E-state index contributed by atoms with van der Waals surface area (Å²) in [5.74, 6) is 0.00484. The monoisotopic (exact) mass is 473 g/mol. The fourth-order valence-corrected chi connectivity index (χ4v) is 5.48. The van der Waals surface area contributed by atoms with Gasteiger partial charge in [-0.05, 0) is 19.4 Å². The van der Waals surface area contributed by atoms with Crippen molar-refractivity contribution in [1.82, 2.24) is 19.9 Å². The number of aliphatic hydroxyl groups is 1. The molecule has 2 aromatic rings. The number of aliphatic hydroxyl groups excluding tert-OH is 1. The van der Waals surface area contributed by atoms with Crippen LogP contribution >= 0.6 is 23.2 Å². The number of pyridine rings is 1. The number of hydrogen-bond acceptors (Lipinski definition) is 7. The topological polar surface area (TPSA) is 74.6 Å². The van der Waals surface area contributed by atoms with Gasteiger partial charge in [-0.25, -0.2) is 13.8 Å². The van der Waals surface area contributed by atoms with Crippen LogP contribution in [0.4, 0.5) is 14.6 Å². The van der Waals surface area contributed by atoms with Gasteiger partial charge in [-0.1, -0.05) is 11.6 Å². The standard InChI is InChI=1S/C20H23Cl2F2N5O2/c21-7-19(10-30)8-28(9-19)17-13-5-25-16(22)14(24)15(13)26-18(27-17)31-11-20-2-1-3-29(20)6-12(23)4-20/h5,12,30H,1-4,6-11H2/t12-,20+/m1/s1. The Morgan fingerprint density at radius 3 is 2.87 bits per heavy atom. The Balaban J connectivity index is 1.47. The number of aromatic nitrogens is 3. The van der Waals surface area contributed by atoms with Crippen molar-refractivity contribution >= 4 is 39.9 Å². The SMILES string of the molecule is OCC1(CCl)CN(c2nc(OC[C@@]34CCCN3C[C@H](F)C4)nc3c(F)c(Cl)ncc23)C1. The molecule has 5 rings (SSSR count). The second-order valence-corrected chi connectivity index (χ2v) is 9.59. The van der Waals surface area contributed by atoms with Gasteiger partial charge in [0.1, 0.15) is 24.1 Å². The first kappa shape index (κ1) is 21.3. The summed E-state index contributed by atoms with van der Waals surface area (Å²) in [6.45, 7) is 2.37. The Kier molecular flexibility index (Phi) is 5.36. The second-order valence-electron chi connectivity index (χ2n) is 8.97. The van der Waals surface area contributed by atoms with Crippen molar-refractivity contribution in [3.63, 3.8) is 0 Å². The molecule has 168 valence electrons. The van der Waals surface area contributed by atoms with Crippen LogP contribution in [0, 0.1) is 11.2 Å². The third kappa shape index (κ3) is 3.50. The number of nitrogens with zero attached hydrogens (tertiary/aromatic N) is 5. The first-order valence-electron chi connectivity index (χ1n) is 10.3. The molecule has 3 fully saturated rings. The van der Waals surface area contributed by atoms with Crippen molar-refractivity contribution in [3.8, 4) is 6.01 Å². The number of ether oxygens (including phenoxy) is 1. The Labute approximate surface area is 188 Å². The first-order chi connectivity index (χ1) is 14.9. The van der Waals surface area contributed by atoms with E-state index < -0.39 is 17.4 Å². The van der Waals surface area contributed by atoms with E-state index in [0.29, 0.717) is 43.1 Å². The van der Waals surface area contributed by atoms with Crippen molar-refractivity contribution in [3.05, 3.63) is 17.2 Å². The molecule has 0 spiro atoms. The third-order valence-corrected chi connectivity index (χ3v) is 7.63. The van der Waals surface area contributed by atoms with Gasteiger partial charge in [-0.15, -0.1) is 11.6 Å². The Morgan fingerprint density at radius 1 is 1.32 bits per heavy atom. The van der Waals surface area contributed by atoms with E-state index in [1.54, 1.807) is 0 Å². The van der Waals surface area contributed by atoms with Crippen molar-refractivity contribution in [1.29, 1.82) is 0 Å². The highest BCUT2D eigenvalue weighted by Crippen LogP contribution is 2.41. The van der Waals surface area contributed by atoms with E-state index in [-0.39, 0.29) is 35.4 Å². The molecule has 0 bridgehead atoms. The van der Waals surface area contributed by atoms with Crippen LogP contribution in [0.1, 0.15) is 19.3 Å². The molecule has 0 aliphatic carbocycles. The molecular formula is C20H23Cl2F2N5O2. The summed E-state index contributed by atoms with van der Waals surface area (Å²) in [7, 11) is 0. The summed E-state index contributed by atoms with van der Waals surface area (Å²) in [5, 5.41) is 9.79. The fraction of sp³-hybridized carbons (Fsp3) is 0.650. The van der Waals surface area contributed by atoms with E-state index in [1.165, 1.54) is 6.20 Å². The molecule has 3 aliphatic rings. The van der Waals surface area contributed by atoms with Crippen molar-refractivity contribution < 1.29 is 18.6 Å². The van der Waals surface area contributed by atoms with E-state index in [0.717, 1.165) is 19.4 Å². The molecule has 2 atom stereocenters. The summed E-state index contributed by atoms with van der Waals surface area (Å²) in [5.41, 5.74) is -0.780. The molecular weight excluding hydrogens is 451 g/mol. The largest absolute Gasteiger partial charge is 0.461 e. The summed E-state index contributed by atoms with van der Waals surface area (Å²) >= 11 is 11.9. The van der Waals surface area contributed by atoms with Crippen molar-refractivity contribution in [2.24, 2.45) is 5.41 Å². The van der Waals surface area contributed by atoms with Crippen LogP contribution < -0.4 is 9.64 Å². The number of rotatable bonds is 6. The second kappa shape index (κ2) is 7.79. The molecule has 7 nitrogen and oxygen atoms in total. The van der Waals surface area contributed by atoms with Crippen molar-refractivity contribution in [2.75, 3.05) is 50.2 Å². The minimum atomic E-state index is -0.873. The van der Waals surface area contributed by atoms with Crippen LogP contribution in [-0.4, -0.2) is 81.9 Å². The van der Waals surface area contributed by atoms with Gasteiger partial charge in [-0.3, -0.25) is 4.90 Å². The molecule has 3 saturated heterocycles. The Hall–Kier alpha value is -1.55. The number of fused-ring (bicyclic) bond motifs is 2. The van der Waals surface area contributed by atoms with Gasteiger partial charge in [0.2, 0.25) is 0 Å². The lowest BCUT2D eigenvalue weighted by Crippen LogP contribution is -2.60. The zero-order chi connectivity index (χ0) is 21.8. The molecule has 0 saturated carbocycles. The predicted molar refractivity (Wildman–Crippen MR) is 113 cm³/mol. The summed E-state index contributed by atoms with van der Waals surface area (Å²) in [4.78, 5) is 16.7. The molecule has 0 amide bonds. The highest BCUT2D eigenvalue weighted by molar-refractivity contribution is 6.30. The summed E-state index contributed by atoms with van der Waals surface area (Å²) < 4.78 is 34.8. The quantitative estimate of drug-likeness (QED) is 0.510. The average Bonchev–Trinajstić information content (AvgIpc) is 3.25. The maximum atomic E-state index is 14.8. The molecule has 31 heavy (non-hydrogen) atoms. The van der Waals surface area contributed by atoms with Crippen LogP contribution in [0.3, 0.4) is 0 Å².